The molecule has 0 aliphatic heterocycles. The van der Waals surface area contributed by atoms with Crippen molar-refractivity contribution in [2.24, 2.45) is 10.2 Å². The highest BCUT2D eigenvalue weighted by molar-refractivity contribution is 6.15. The first-order chi connectivity index (χ1) is 17.2. The summed E-state index contributed by atoms with van der Waals surface area (Å²) in [4.78, 5) is 29.3. The van der Waals surface area contributed by atoms with E-state index in [9.17, 15) is 15.2 Å². The number of nitriles is 1. The van der Waals surface area contributed by atoms with Gasteiger partial charge in [0, 0.05) is 24.8 Å². The van der Waals surface area contributed by atoms with E-state index in [1.807, 2.05) is 6.07 Å². The van der Waals surface area contributed by atoms with E-state index in [2.05, 4.69) is 40.6 Å². The van der Waals surface area contributed by atoms with Crippen LogP contribution in [0.4, 0.5) is 17.5 Å². The highest BCUT2D eigenvalue weighted by atomic mass is 16.3. The van der Waals surface area contributed by atoms with Crippen molar-refractivity contribution in [3.05, 3.63) is 84.6 Å². The molecule has 3 heterocycles. The van der Waals surface area contributed by atoms with Gasteiger partial charge in [0.1, 0.15) is 17.3 Å². The molecule has 5 rings (SSSR count). The Bertz CT molecular complexity index is 1610. The van der Waals surface area contributed by atoms with Gasteiger partial charge in [-0.15, -0.1) is 10.2 Å². The van der Waals surface area contributed by atoms with Crippen LogP contribution >= 0.6 is 0 Å². The highest BCUT2D eigenvalue weighted by Gasteiger charge is 2.21. The van der Waals surface area contributed by atoms with E-state index in [-0.39, 0.29) is 34.5 Å². The van der Waals surface area contributed by atoms with Crippen molar-refractivity contribution in [3.8, 4) is 17.8 Å². The molecule has 0 aliphatic rings. The smallest absolute Gasteiger partial charge is 0.262 e. The van der Waals surface area contributed by atoms with Crippen LogP contribution in [0, 0.1) is 11.3 Å². The third-order valence-electron chi connectivity index (χ3n) is 4.88. The van der Waals surface area contributed by atoms with Gasteiger partial charge in [0.05, 0.1) is 11.8 Å². The van der Waals surface area contributed by atoms with Crippen LogP contribution in [0.25, 0.3) is 16.7 Å². The minimum absolute atomic E-state index is 0.00782. The predicted molar refractivity (Wildman–Crippen MR) is 124 cm³/mol. The molecule has 0 aliphatic carbocycles. The fourth-order valence-electron chi connectivity index (χ4n) is 3.32. The number of phenolic OH excluding ortho intramolecular Hbond substituents is 1. The zero-order valence-electron chi connectivity index (χ0n) is 17.8. The molecule has 0 radical (unpaired) electrons. The van der Waals surface area contributed by atoms with E-state index in [0.29, 0.717) is 10.8 Å². The van der Waals surface area contributed by atoms with Gasteiger partial charge >= 0.3 is 0 Å². The number of hydrogen-bond donors (Lipinski definition) is 2. The number of anilines is 1. The summed E-state index contributed by atoms with van der Waals surface area (Å²) in [6.07, 6.45) is 7.32. The Morgan fingerprint density at radius 3 is 2.46 bits per heavy atom. The maximum atomic E-state index is 13.1. The molecule has 0 bridgehead atoms. The molecular weight excluding hydrogens is 448 g/mol. The van der Waals surface area contributed by atoms with Gasteiger partial charge in [0.15, 0.2) is 11.6 Å². The number of hydrogen-bond acceptors (Lipinski definition) is 10. The van der Waals surface area contributed by atoms with Crippen LogP contribution in [-0.2, 0) is 0 Å². The lowest BCUT2D eigenvalue weighted by Gasteiger charge is -2.11. The van der Waals surface area contributed by atoms with E-state index >= 15 is 0 Å². The molecule has 35 heavy (non-hydrogen) atoms. The second-order valence-corrected chi connectivity index (χ2v) is 7.02. The number of phenols is 1. The summed E-state index contributed by atoms with van der Waals surface area (Å²) in [6.45, 7) is 0. The molecule has 12 heteroatoms. The van der Waals surface area contributed by atoms with Gasteiger partial charge in [-0.05, 0) is 29.0 Å². The number of nitrogens with one attached hydrogen (secondary N) is 1. The van der Waals surface area contributed by atoms with Gasteiger partial charge in [-0.2, -0.15) is 15.0 Å². The second-order valence-electron chi connectivity index (χ2n) is 7.02. The van der Waals surface area contributed by atoms with E-state index in [4.69, 9.17) is 0 Å². The maximum absolute atomic E-state index is 13.1. The summed E-state index contributed by atoms with van der Waals surface area (Å²) < 4.78 is 1.25. The number of rotatable bonds is 5. The van der Waals surface area contributed by atoms with E-state index in [1.165, 1.54) is 35.7 Å². The first-order valence-corrected chi connectivity index (χ1v) is 10.2. The number of azo groups is 1. The number of fused-ring (bicyclic) bond motifs is 1. The number of benzene rings is 2. The lowest BCUT2D eigenvalue weighted by Crippen LogP contribution is -2.14. The van der Waals surface area contributed by atoms with Crippen molar-refractivity contribution in [3.63, 3.8) is 0 Å². The highest BCUT2D eigenvalue weighted by Crippen LogP contribution is 2.38. The average Bonchev–Trinajstić information content (AvgIpc) is 3.31. The van der Waals surface area contributed by atoms with Crippen LogP contribution in [0.5, 0.6) is 5.75 Å². The first-order valence-electron chi connectivity index (χ1n) is 10.2. The molecule has 2 N–H and O–H groups in total. The average molecular weight is 462 g/mol. The number of nitrogens with zero attached hydrogens (tertiary/aromatic N) is 9. The van der Waals surface area contributed by atoms with Crippen molar-refractivity contribution in [1.82, 2.24) is 29.7 Å². The van der Waals surface area contributed by atoms with Crippen LogP contribution in [0.15, 0.2) is 83.7 Å². The van der Waals surface area contributed by atoms with Crippen LogP contribution in [0.2, 0.25) is 0 Å². The Morgan fingerprint density at radius 2 is 1.71 bits per heavy atom. The summed E-state index contributed by atoms with van der Waals surface area (Å²) in [5.41, 5.74) is 0.110. The van der Waals surface area contributed by atoms with Crippen LogP contribution in [-0.4, -0.2) is 40.7 Å². The lowest BCUT2D eigenvalue weighted by atomic mass is 10.0. The fourth-order valence-corrected chi connectivity index (χ4v) is 3.32. The van der Waals surface area contributed by atoms with Crippen LogP contribution < -0.4 is 5.32 Å². The zero-order chi connectivity index (χ0) is 24.2. The third kappa shape index (κ3) is 4.12. The zero-order valence-corrected chi connectivity index (χ0v) is 17.8. The van der Waals surface area contributed by atoms with Gasteiger partial charge < -0.3 is 5.11 Å². The van der Waals surface area contributed by atoms with Crippen molar-refractivity contribution >= 4 is 34.1 Å². The van der Waals surface area contributed by atoms with Crippen molar-refractivity contribution in [2.45, 2.75) is 0 Å². The molecule has 3 aromatic heterocycles. The van der Waals surface area contributed by atoms with Gasteiger partial charge in [-0.3, -0.25) is 10.1 Å². The molecule has 2 aromatic carbocycles. The molecule has 1 amide bonds. The summed E-state index contributed by atoms with van der Waals surface area (Å²) in [5.74, 6) is -0.689. The lowest BCUT2D eigenvalue weighted by molar-refractivity contribution is 0.102. The molecule has 0 fully saturated rings. The number of aromatic nitrogens is 6. The monoisotopic (exact) mass is 462 g/mol. The predicted octanol–water partition coefficient (Wildman–Crippen LogP) is 3.85. The normalized spacial score (nSPS) is 10.9. The molecule has 0 saturated carbocycles. The van der Waals surface area contributed by atoms with Crippen molar-refractivity contribution < 1.29 is 9.90 Å². The van der Waals surface area contributed by atoms with Gasteiger partial charge in [-0.25, -0.2) is 19.9 Å². The molecule has 5 aromatic rings. The van der Waals surface area contributed by atoms with Crippen LogP contribution in [0.1, 0.15) is 15.9 Å². The molecule has 0 atom stereocenters. The summed E-state index contributed by atoms with van der Waals surface area (Å²) >= 11 is 0. The fraction of sp³-hybridized carbons (Fsp3) is 0. The van der Waals surface area contributed by atoms with E-state index in [1.54, 1.807) is 42.5 Å². The van der Waals surface area contributed by atoms with Gasteiger partial charge in [-0.1, -0.05) is 24.3 Å². The SMILES string of the molecule is N#Cc1cnn(-c2ncccn2)c1N=Nc1cc2ccccc2c(C(=O)Nc2ncccn2)c1O. The molecular formula is C23H14N10O2. The summed E-state index contributed by atoms with van der Waals surface area (Å²) in [6, 6.07) is 13.8. The Hall–Kier alpha value is -5.57. The molecule has 168 valence electrons. The number of aromatic hydroxyl groups is 1. The minimum Gasteiger partial charge on any atom is -0.505 e. The topological polar surface area (TPSA) is 167 Å². The standard InChI is InChI=1S/C23H14N10O2/c24-12-15-13-29-33(23-27-9-4-10-28-23)20(15)32-31-17-11-14-5-1-2-6-16(14)18(19(17)34)21(35)30-22-25-7-3-8-26-22/h1-11,13,34H,(H,25,26,30,35). The Kier molecular flexibility index (Phi) is 5.55. The molecule has 0 spiro atoms. The van der Waals surface area contributed by atoms with Gasteiger partial charge in [0.25, 0.3) is 11.9 Å². The Labute approximate surface area is 197 Å². The van der Waals surface area contributed by atoms with Crippen LogP contribution in [0.3, 0.4) is 0 Å². The Morgan fingerprint density at radius 1 is 1.00 bits per heavy atom. The number of carbonyl (C=O) groups excluding carboxylic acids is 1. The second kappa shape index (κ2) is 9.12. The number of carbonyl (C=O) groups is 1. The quantitative estimate of drug-likeness (QED) is 0.371. The van der Waals surface area contributed by atoms with Crippen molar-refractivity contribution in [2.75, 3.05) is 5.32 Å². The largest absolute Gasteiger partial charge is 0.505 e. The summed E-state index contributed by atoms with van der Waals surface area (Å²) in [5, 5.41) is 36.6. The van der Waals surface area contributed by atoms with E-state index < -0.39 is 11.7 Å². The van der Waals surface area contributed by atoms with Crippen molar-refractivity contribution in [1.29, 1.82) is 5.26 Å². The summed E-state index contributed by atoms with van der Waals surface area (Å²) in [7, 11) is 0. The third-order valence-corrected chi connectivity index (χ3v) is 4.88. The minimum atomic E-state index is -0.623. The number of amides is 1. The van der Waals surface area contributed by atoms with E-state index in [0.717, 1.165) is 0 Å². The molecule has 0 unspecified atom stereocenters. The van der Waals surface area contributed by atoms with Gasteiger partial charge in [0.2, 0.25) is 5.95 Å². The molecule has 0 saturated heterocycles. The Balaban J connectivity index is 1.60. The maximum Gasteiger partial charge on any atom is 0.262 e. The molecule has 12 nitrogen and oxygen atoms in total. The first kappa shape index (κ1) is 21.3.